The van der Waals surface area contributed by atoms with Gasteiger partial charge in [-0.05, 0) is 38.9 Å². The SMILES string of the molecule is CCCCCNCc1c(Br)ccc(OC)c1OC(C)C. The van der Waals surface area contributed by atoms with Gasteiger partial charge in [0.2, 0.25) is 0 Å². The van der Waals surface area contributed by atoms with Gasteiger partial charge in [0.1, 0.15) is 0 Å². The largest absolute Gasteiger partial charge is 0.493 e. The summed E-state index contributed by atoms with van der Waals surface area (Å²) in [5, 5.41) is 3.48. The summed E-state index contributed by atoms with van der Waals surface area (Å²) in [7, 11) is 1.68. The van der Waals surface area contributed by atoms with Gasteiger partial charge in [-0.3, -0.25) is 0 Å². The first-order chi connectivity index (χ1) is 9.60. The molecule has 0 aliphatic rings. The molecule has 1 aromatic rings. The highest BCUT2D eigenvalue weighted by atomic mass is 79.9. The van der Waals surface area contributed by atoms with Gasteiger partial charge in [-0.15, -0.1) is 0 Å². The normalized spacial score (nSPS) is 10.9. The molecule has 0 bridgehead atoms. The maximum Gasteiger partial charge on any atom is 0.167 e. The molecule has 3 nitrogen and oxygen atoms in total. The van der Waals surface area contributed by atoms with E-state index in [0.717, 1.165) is 34.6 Å². The van der Waals surface area contributed by atoms with E-state index in [1.165, 1.54) is 19.3 Å². The number of nitrogens with one attached hydrogen (secondary N) is 1. The zero-order valence-electron chi connectivity index (χ0n) is 13.0. The molecule has 0 fully saturated rings. The van der Waals surface area contributed by atoms with E-state index in [1.54, 1.807) is 7.11 Å². The molecule has 0 saturated heterocycles. The predicted molar refractivity (Wildman–Crippen MR) is 87.7 cm³/mol. The highest BCUT2D eigenvalue weighted by Gasteiger charge is 2.15. The Bertz CT molecular complexity index is 408. The zero-order chi connectivity index (χ0) is 15.0. The molecule has 20 heavy (non-hydrogen) atoms. The summed E-state index contributed by atoms with van der Waals surface area (Å²) in [6.45, 7) is 8.08. The third-order valence-corrected chi connectivity index (χ3v) is 3.74. The maximum atomic E-state index is 5.93. The molecule has 0 spiro atoms. The summed E-state index contributed by atoms with van der Waals surface area (Å²) in [5.74, 6) is 1.62. The number of hydrogen-bond donors (Lipinski definition) is 1. The molecule has 1 aromatic carbocycles. The van der Waals surface area contributed by atoms with Gasteiger partial charge in [0, 0.05) is 16.6 Å². The van der Waals surface area contributed by atoms with Crippen molar-refractivity contribution in [1.82, 2.24) is 5.32 Å². The molecule has 0 atom stereocenters. The first-order valence-corrected chi connectivity index (χ1v) is 8.12. The quantitative estimate of drug-likeness (QED) is 0.668. The van der Waals surface area contributed by atoms with Crippen LogP contribution in [0.3, 0.4) is 0 Å². The zero-order valence-corrected chi connectivity index (χ0v) is 14.5. The molecule has 1 N–H and O–H groups in total. The molecule has 114 valence electrons. The Morgan fingerprint density at radius 2 is 2.00 bits per heavy atom. The number of rotatable bonds is 9. The molecule has 1 rings (SSSR count). The van der Waals surface area contributed by atoms with Crippen LogP contribution in [0.25, 0.3) is 0 Å². The highest BCUT2D eigenvalue weighted by Crippen LogP contribution is 2.36. The van der Waals surface area contributed by atoms with Crippen LogP contribution in [-0.2, 0) is 6.54 Å². The van der Waals surface area contributed by atoms with Gasteiger partial charge in [-0.25, -0.2) is 0 Å². The van der Waals surface area contributed by atoms with Gasteiger partial charge < -0.3 is 14.8 Å². The maximum absolute atomic E-state index is 5.93. The lowest BCUT2D eigenvalue weighted by molar-refractivity contribution is 0.227. The number of hydrogen-bond acceptors (Lipinski definition) is 3. The minimum Gasteiger partial charge on any atom is -0.493 e. The summed E-state index contributed by atoms with van der Waals surface area (Å²) in [5.41, 5.74) is 1.12. The first-order valence-electron chi connectivity index (χ1n) is 7.32. The lowest BCUT2D eigenvalue weighted by Crippen LogP contribution is -2.17. The Kier molecular flexibility index (Phi) is 8.00. The van der Waals surface area contributed by atoms with E-state index < -0.39 is 0 Å². The average molecular weight is 344 g/mol. The number of ether oxygens (including phenoxy) is 2. The van der Waals surface area contributed by atoms with Crippen LogP contribution in [0.15, 0.2) is 16.6 Å². The Hall–Kier alpha value is -0.740. The molecule has 0 aromatic heterocycles. The molecule has 4 heteroatoms. The number of methoxy groups -OCH3 is 1. The summed E-state index contributed by atoms with van der Waals surface area (Å²) < 4.78 is 12.4. The monoisotopic (exact) mass is 343 g/mol. The fourth-order valence-electron chi connectivity index (χ4n) is 1.99. The van der Waals surface area contributed by atoms with Crippen LogP contribution >= 0.6 is 15.9 Å². The van der Waals surface area contributed by atoms with Crippen LogP contribution < -0.4 is 14.8 Å². The van der Waals surface area contributed by atoms with E-state index in [4.69, 9.17) is 9.47 Å². The lowest BCUT2D eigenvalue weighted by atomic mass is 10.1. The van der Waals surface area contributed by atoms with E-state index in [1.807, 2.05) is 26.0 Å². The molecule has 0 saturated carbocycles. The van der Waals surface area contributed by atoms with E-state index in [2.05, 4.69) is 28.2 Å². The van der Waals surface area contributed by atoms with Gasteiger partial charge in [0.25, 0.3) is 0 Å². The van der Waals surface area contributed by atoms with Crippen LogP contribution in [0, 0.1) is 0 Å². The number of halogens is 1. The van der Waals surface area contributed by atoms with Crippen molar-refractivity contribution in [3.63, 3.8) is 0 Å². The average Bonchev–Trinajstić information content (AvgIpc) is 2.41. The summed E-state index contributed by atoms with van der Waals surface area (Å²) in [6, 6.07) is 3.94. The van der Waals surface area contributed by atoms with E-state index in [0.29, 0.717) is 0 Å². The molecule has 0 aliphatic heterocycles. The Morgan fingerprint density at radius 1 is 1.25 bits per heavy atom. The van der Waals surface area contributed by atoms with E-state index in [9.17, 15) is 0 Å². The molecular weight excluding hydrogens is 318 g/mol. The van der Waals surface area contributed by atoms with E-state index in [-0.39, 0.29) is 6.10 Å². The van der Waals surface area contributed by atoms with Crippen LogP contribution in [0.1, 0.15) is 45.6 Å². The van der Waals surface area contributed by atoms with Crippen LogP contribution in [0.5, 0.6) is 11.5 Å². The van der Waals surface area contributed by atoms with Crippen LogP contribution in [-0.4, -0.2) is 19.8 Å². The van der Waals surface area contributed by atoms with Crippen LogP contribution in [0.4, 0.5) is 0 Å². The molecule has 0 radical (unpaired) electrons. The van der Waals surface area contributed by atoms with Gasteiger partial charge in [-0.1, -0.05) is 35.7 Å². The second kappa shape index (κ2) is 9.24. The van der Waals surface area contributed by atoms with Crippen molar-refractivity contribution in [2.24, 2.45) is 0 Å². The van der Waals surface area contributed by atoms with Gasteiger partial charge >= 0.3 is 0 Å². The highest BCUT2D eigenvalue weighted by molar-refractivity contribution is 9.10. The minimum atomic E-state index is 0.122. The summed E-state index contributed by atoms with van der Waals surface area (Å²) >= 11 is 3.61. The molecule has 0 heterocycles. The third kappa shape index (κ3) is 5.33. The van der Waals surface area contributed by atoms with Crippen molar-refractivity contribution in [1.29, 1.82) is 0 Å². The van der Waals surface area contributed by atoms with Crippen molar-refractivity contribution in [3.8, 4) is 11.5 Å². The molecule has 0 unspecified atom stereocenters. The fourth-order valence-corrected chi connectivity index (χ4v) is 2.44. The summed E-state index contributed by atoms with van der Waals surface area (Å²) in [6.07, 6.45) is 3.84. The third-order valence-electron chi connectivity index (χ3n) is 3.00. The van der Waals surface area contributed by atoms with Crippen molar-refractivity contribution >= 4 is 15.9 Å². The van der Waals surface area contributed by atoms with Crippen molar-refractivity contribution in [2.75, 3.05) is 13.7 Å². The van der Waals surface area contributed by atoms with Crippen molar-refractivity contribution in [2.45, 2.75) is 52.7 Å². The predicted octanol–water partition coefficient (Wildman–Crippen LogP) is 4.52. The molecule has 0 amide bonds. The van der Waals surface area contributed by atoms with Gasteiger partial charge in [-0.2, -0.15) is 0 Å². The Labute approximate surface area is 131 Å². The van der Waals surface area contributed by atoms with Crippen molar-refractivity contribution in [3.05, 3.63) is 22.2 Å². The minimum absolute atomic E-state index is 0.122. The standard InChI is InChI=1S/C16H26BrNO2/c1-5-6-7-10-18-11-13-14(17)8-9-15(19-4)16(13)20-12(2)3/h8-9,12,18H,5-7,10-11H2,1-4H3. The second-order valence-corrected chi connectivity index (χ2v) is 5.96. The fraction of sp³-hybridized carbons (Fsp3) is 0.625. The summed E-state index contributed by atoms with van der Waals surface area (Å²) in [4.78, 5) is 0. The second-order valence-electron chi connectivity index (χ2n) is 5.11. The number of unbranched alkanes of at least 4 members (excludes halogenated alkanes) is 2. The van der Waals surface area contributed by atoms with Gasteiger partial charge in [0.05, 0.1) is 13.2 Å². The Balaban J connectivity index is 2.80. The van der Waals surface area contributed by atoms with Gasteiger partial charge in [0.15, 0.2) is 11.5 Å². The topological polar surface area (TPSA) is 30.5 Å². The Morgan fingerprint density at radius 3 is 2.60 bits per heavy atom. The molecular formula is C16H26BrNO2. The van der Waals surface area contributed by atoms with E-state index >= 15 is 0 Å². The van der Waals surface area contributed by atoms with Crippen LogP contribution in [0.2, 0.25) is 0 Å². The number of benzene rings is 1. The van der Waals surface area contributed by atoms with Crippen molar-refractivity contribution < 1.29 is 9.47 Å². The molecule has 0 aliphatic carbocycles. The lowest BCUT2D eigenvalue weighted by Gasteiger charge is -2.19. The first kappa shape index (κ1) is 17.3. The smallest absolute Gasteiger partial charge is 0.167 e.